The van der Waals surface area contributed by atoms with E-state index in [1.807, 2.05) is 24.8 Å². The minimum absolute atomic E-state index is 0.0475. The molecular formula is C23H32N4O3S. The van der Waals surface area contributed by atoms with Crippen LogP contribution >= 0.6 is 11.3 Å². The number of carbonyl (C=O) groups excluding carboxylic acids is 3. The summed E-state index contributed by atoms with van der Waals surface area (Å²) < 4.78 is 0. The Morgan fingerprint density at radius 2 is 1.71 bits per heavy atom. The van der Waals surface area contributed by atoms with Crippen LogP contribution in [0.2, 0.25) is 0 Å². The first-order valence-corrected chi connectivity index (χ1v) is 11.6. The minimum Gasteiger partial charge on any atom is -0.342 e. The van der Waals surface area contributed by atoms with Gasteiger partial charge in [0.2, 0.25) is 11.8 Å². The van der Waals surface area contributed by atoms with E-state index in [1.165, 1.54) is 16.2 Å². The summed E-state index contributed by atoms with van der Waals surface area (Å²) in [6.07, 6.45) is 2.05. The molecule has 7 nitrogen and oxygen atoms in total. The van der Waals surface area contributed by atoms with Gasteiger partial charge in [0.1, 0.15) is 6.54 Å². The van der Waals surface area contributed by atoms with Crippen LogP contribution in [0.1, 0.15) is 56.6 Å². The van der Waals surface area contributed by atoms with E-state index in [1.54, 1.807) is 29.6 Å². The van der Waals surface area contributed by atoms with E-state index >= 15 is 0 Å². The SMILES string of the molecule is CCCN(CCC)C(=O)Cc1csc(NC(=O)CN(C(=O)c2ccccc2)C(C)C)n1. The van der Waals surface area contributed by atoms with Gasteiger partial charge in [0, 0.05) is 30.1 Å². The molecule has 0 aliphatic rings. The predicted octanol–water partition coefficient (Wildman–Crippen LogP) is 3.82. The third kappa shape index (κ3) is 7.47. The second-order valence-electron chi connectivity index (χ2n) is 7.64. The van der Waals surface area contributed by atoms with Crippen LogP contribution in [0.15, 0.2) is 35.7 Å². The van der Waals surface area contributed by atoms with Gasteiger partial charge in [-0.2, -0.15) is 0 Å². The Bertz CT molecular complexity index is 861. The van der Waals surface area contributed by atoms with Gasteiger partial charge >= 0.3 is 0 Å². The molecule has 1 aromatic heterocycles. The van der Waals surface area contributed by atoms with Crippen molar-refractivity contribution in [3.05, 3.63) is 47.0 Å². The van der Waals surface area contributed by atoms with Crippen LogP contribution in [-0.2, 0) is 16.0 Å². The van der Waals surface area contributed by atoms with Gasteiger partial charge in [0.15, 0.2) is 5.13 Å². The van der Waals surface area contributed by atoms with Crippen LogP contribution in [0.25, 0.3) is 0 Å². The summed E-state index contributed by atoms with van der Waals surface area (Å²) in [6.45, 7) is 9.26. The Morgan fingerprint density at radius 3 is 2.29 bits per heavy atom. The Morgan fingerprint density at radius 1 is 1.06 bits per heavy atom. The molecule has 1 aromatic carbocycles. The Balaban J connectivity index is 1.97. The number of anilines is 1. The smallest absolute Gasteiger partial charge is 0.254 e. The van der Waals surface area contributed by atoms with Crippen molar-refractivity contribution in [2.24, 2.45) is 0 Å². The molecule has 0 bridgehead atoms. The van der Waals surface area contributed by atoms with Crippen molar-refractivity contribution in [3.63, 3.8) is 0 Å². The molecule has 168 valence electrons. The third-order valence-corrected chi connectivity index (χ3v) is 5.50. The van der Waals surface area contributed by atoms with E-state index in [0.29, 0.717) is 16.4 Å². The highest BCUT2D eigenvalue weighted by atomic mass is 32.1. The molecule has 0 spiro atoms. The van der Waals surface area contributed by atoms with Crippen LogP contribution in [-0.4, -0.2) is 58.2 Å². The van der Waals surface area contributed by atoms with Crippen molar-refractivity contribution in [1.29, 1.82) is 0 Å². The highest BCUT2D eigenvalue weighted by Crippen LogP contribution is 2.17. The number of aromatic nitrogens is 1. The van der Waals surface area contributed by atoms with Crippen LogP contribution in [0.5, 0.6) is 0 Å². The van der Waals surface area contributed by atoms with Gasteiger partial charge in [0.05, 0.1) is 12.1 Å². The number of amides is 3. The lowest BCUT2D eigenvalue weighted by Crippen LogP contribution is -2.42. The Kier molecular flexibility index (Phi) is 9.65. The predicted molar refractivity (Wildman–Crippen MR) is 124 cm³/mol. The van der Waals surface area contributed by atoms with Crippen LogP contribution in [0.4, 0.5) is 5.13 Å². The molecule has 31 heavy (non-hydrogen) atoms. The van der Waals surface area contributed by atoms with Crippen LogP contribution < -0.4 is 5.32 Å². The summed E-state index contributed by atoms with van der Waals surface area (Å²) in [5, 5.41) is 4.98. The zero-order valence-electron chi connectivity index (χ0n) is 18.8. The second kappa shape index (κ2) is 12.2. The maximum atomic E-state index is 12.8. The topological polar surface area (TPSA) is 82.6 Å². The lowest BCUT2D eigenvalue weighted by Gasteiger charge is -2.26. The standard InChI is InChI=1S/C23H32N4O3S/c1-5-12-26(13-6-2)21(29)14-19-16-31-23(24-19)25-20(28)15-27(17(3)4)22(30)18-10-8-7-9-11-18/h7-11,16-17H,5-6,12-15H2,1-4H3,(H,24,25,28). The quantitative estimate of drug-likeness (QED) is 0.571. The number of benzene rings is 1. The lowest BCUT2D eigenvalue weighted by atomic mass is 10.1. The summed E-state index contributed by atoms with van der Waals surface area (Å²) in [4.78, 5) is 45.6. The average molecular weight is 445 g/mol. The van der Waals surface area contributed by atoms with E-state index in [9.17, 15) is 14.4 Å². The summed E-state index contributed by atoms with van der Waals surface area (Å²) in [7, 11) is 0. The molecule has 0 radical (unpaired) electrons. The van der Waals surface area contributed by atoms with Gasteiger partial charge in [-0.1, -0.05) is 32.0 Å². The lowest BCUT2D eigenvalue weighted by molar-refractivity contribution is -0.130. The number of nitrogens with zero attached hydrogens (tertiary/aromatic N) is 3. The Hall–Kier alpha value is -2.74. The van der Waals surface area contributed by atoms with Crippen molar-refractivity contribution in [1.82, 2.24) is 14.8 Å². The maximum Gasteiger partial charge on any atom is 0.254 e. The van der Waals surface area contributed by atoms with E-state index < -0.39 is 0 Å². The summed E-state index contributed by atoms with van der Waals surface area (Å²) in [6, 6.07) is 8.78. The minimum atomic E-state index is -0.316. The first-order chi connectivity index (χ1) is 14.8. The van der Waals surface area contributed by atoms with Crippen LogP contribution in [0, 0.1) is 0 Å². The van der Waals surface area contributed by atoms with Gasteiger partial charge in [0.25, 0.3) is 5.91 Å². The van der Waals surface area contributed by atoms with E-state index in [4.69, 9.17) is 0 Å². The first kappa shape index (κ1) is 24.5. The average Bonchev–Trinajstić information content (AvgIpc) is 3.18. The molecule has 2 aromatic rings. The molecule has 0 fully saturated rings. The normalized spacial score (nSPS) is 10.7. The fraction of sp³-hybridized carbons (Fsp3) is 0.478. The molecule has 0 atom stereocenters. The molecule has 2 rings (SSSR count). The van der Waals surface area contributed by atoms with E-state index in [0.717, 1.165) is 25.9 Å². The first-order valence-electron chi connectivity index (χ1n) is 10.7. The molecule has 1 heterocycles. The third-order valence-electron chi connectivity index (χ3n) is 4.69. The summed E-state index contributed by atoms with van der Waals surface area (Å²) in [5.41, 5.74) is 1.19. The fourth-order valence-corrected chi connectivity index (χ4v) is 3.89. The van der Waals surface area contributed by atoms with Crippen molar-refractivity contribution in [2.75, 3.05) is 25.0 Å². The van der Waals surface area contributed by atoms with Crippen molar-refractivity contribution >= 4 is 34.2 Å². The zero-order valence-corrected chi connectivity index (χ0v) is 19.6. The van der Waals surface area contributed by atoms with E-state index in [2.05, 4.69) is 24.1 Å². The van der Waals surface area contributed by atoms with Crippen molar-refractivity contribution in [2.45, 2.75) is 53.0 Å². The molecule has 1 N–H and O–H groups in total. The zero-order chi connectivity index (χ0) is 22.8. The maximum absolute atomic E-state index is 12.8. The van der Waals surface area contributed by atoms with Crippen molar-refractivity contribution < 1.29 is 14.4 Å². The summed E-state index contributed by atoms with van der Waals surface area (Å²) >= 11 is 1.28. The molecule has 3 amide bonds. The second-order valence-corrected chi connectivity index (χ2v) is 8.50. The molecule has 0 saturated carbocycles. The number of hydrogen-bond acceptors (Lipinski definition) is 5. The van der Waals surface area contributed by atoms with Gasteiger partial charge < -0.3 is 15.1 Å². The molecular weight excluding hydrogens is 412 g/mol. The van der Waals surface area contributed by atoms with Gasteiger partial charge in [-0.3, -0.25) is 14.4 Å². The van der Waals surface area contributed by atoms with Gasteiger partial charge in [-0.15, -0.1) is 11.3 Å². The van der Waals surface area contributed by atoms with Crippen LogP contribution in [0.3, 0.4) is 0 Å². The molecule has 0 aliphatic heterocycles. The molecule has 8 heteroatoms. The monoisotopic (exact) mass is 444 g/mol. The largest absolute Gasteiger partial charge is 0.342 e. The van der Waals surface area contributed by atoms with Gasteiger partial charge in [-0.25, -0.2) is 4.98 Å². The number of thiazole rings is 1. The summed E-state index contributed by atoms with van der Waals surface area (Å²) in [5.74, 6) is -0.460. The van der Waals surface area contributed by atoms with Gasteiger partial charge in [-0.05, 0) is 38.8 Å². The van der Waals surface area contributed by atoms with Crippen molar-refractivity contribution in [3.8, 4) is 0 Å². The number of rotatable bonds is 11. The highest BCUT2D eigenvalue weighted by Gasteiger charge is 2.22. The number of nitrogens with one attached hydrogen (secondary N) is 1. The molecule has 0 saturated heterocycles. The number of carbonyl (C=O) groups is 3. The fourth-order valence-electron chi connectivity index (χ4n) is 3.16. The highest BCUT2D eigenvalue weighted by molar-refractivity contribution is 7.13. The molecule has 0 unspecified atom stereocenters. The molecule has 0 aliphatic carbocycles. The number of hydrogen-bond donors (Lipinski definition) is 1. The Labute approximate surface area is 188 Å². The van der Waals surface area contributed by atoms with E-state index in [-0.39, 0.29) is 36.7 Å².